The van der Waals surface area contributed by atoms with E-state index in [1.54, 1.807) is 0 Å². The number of nitrogens with two attached hydrogens (primary N) is 1. The number of rotatable bonds is 2. The van der Waals surface area contributed by atoms with Crippen LogP contribution in [0.4, 0.5) is 0 Å². The van der Waals surface area contributed by atoms with E-state index in [0.29, 0.717) is 12.1 Å². The lowest BCUT2D eigenvalue weighted by molar-refractivity contribution is 0.0947. The topological polar surface area (TPSA) is 29.3 Å². The number of hydrogen-bond donors (Lipinski definition) is 1. The Bertz CT molecular complexity index is 361. The molecule has 17 heavy (non-hydrogen) atoms. The molecule has 2 N–H and O–H groups in total. The SMILES string of the molecule is CC(C)N1CCCC(N)C1c1ccc(Cl)cc1. The molecule has 94 valence electrons. The van der Waals surface area contributed by atoms with Crippen LogP contribution in [-0.2, 0) is 0 Å². The monoisotopic (exact) mass is 252 g/mol. The van der Waals surface area contributed by atoms with Crippen LogP contribution in [0.5, 0.6) is 0 Å². The number of nitrogens with zero attached hydrogens (tertiary/aromatic N) is 1. The first-order chi connectivity index (χ1) is 8.09. The van der Waals surface area contributed by atoms with Gasteiger partial charge in [-0.25, -0.2) is 0 Å². The number of likely N-dealkylation sites (tertiary alicyclic amines) is 1. The van der Waals surface area contributed by atoms with Crippen molar-refractivity contribution in [2.75, 3.05) is 6.54 Å². The highest BCUT2D eigenvalue weighted by Crippen LogP contribution is 2.32. The van der Waals surface area contributed by atoms with Crippen LogP contribution in [-0.4, -0.2) is 23.5 Å². The third-order valence-corrected chi connectivity index (χ3v) is 3.84. The number of piperidine rings is 1. The van der Waals surface area contributed by atoms with Gasteiger partial charge in [0.05, 0.1) is 6.04 Å². The first-order valence-corrected chi connectivity index (χ1v) is 6.74. The van der Waals surface area contributed by atoms with Crippen molar-refractivity contribution >= 4 is 11.6 Å². The van der Waals surface area contributed by atoms with Crippen LogP contribution in [0.15, 0.2) is 24.3 Å². The molecule has 0 spiro atoms. The lowest BCUT2D eigenvalue weighted by Gasteiger charge is -2.42. The normalized spacial score (nSPS) is 26.4. The molecule has 0 aromatic heterocycles. The lowest BCUT2D eigenvalue weighted by Crippen LogP contribution is -2.48. The summed E-state index contributed by atoms with van der Waals surface area (Å²) in [6.45, 7) is 5.61. The molecule has 1 aliphatic rings. The van der Waals surface area contributed by atoms with Crippen molar-refractivity contribution in [1.29, 1.82) is 0 Å². The maximum absolute atomic E-state index is 6.30. The van der Waals surface area contributed by atoms with E-state index in [9.17, 15) is 0 Å². The molecule has 1 heterocycles. The molecule has 0 aliphatic carbocycles. The minimum Gasteiger partial charge on any atom is -0.326 e. The summed E-state index contributed by atoms with van der Waals surface area (Å²) in [5, 5.41) is 0.786. The Morgan fingerprint density at radius 2 is 1.94 bits per heavy atom. The van der Waals surface area contributed by atoms with Gasteiger partial charge in [-0.3, -0.25) is 4.90 Å². The molecule has 1 aromatic rings. The van der Waals surface area contributed by atoms with E-state index in [4.69, 9.17) is 17.3 Å². The van der Waals surface area contributed by atoms with Gasteiger partial charge in [0, 0.05) is 17.1 Å². The average molecular weight is 253 g/mol. The summed E-state index contributed by atoms with van der Waals surface area (Å²) in [7, 11) is 0. The van der Waals surface area contributed by atoms with Gasteiger partial charge in [-0.15, -0.1) is 0 Å². The van der Waals surface area contributed by atoms with Gasteiger partial charge >= 0.3 is 0 Å². The molecular weight excluding hydrogens is 232 g/mol. The smallest absolute Gasteiger partial charge is 0.0501 e. The molecule has 1 fully saturated rings. The number of benzene rings is 1. The van der Waals surface area contributed by atoms with Crippen LogP contribution in [0.3, 0.4) is 0 Å². The van der Waals surface area contributed by atoms with E-state index in [-0.39, 0.29) is 6.04 Å². The number of hydrogen-bond acceptors (Lipinski definition) is 2. The van der Waals surface area contributed by atoms with Crippen LogP contribution in [0.2, 0.25) is 5.02 Å². The van der Waals surface area contributed by atoms with Crippen molar-refractivity contribution in [3.8, 4) is 0 Å². The molecular formula is C14H21ClN2. The van der Waals surface area contributed by atoms with E-state index < -0.39 is 0 Å². The van der Waals surface area contributed by atoms with Crippen LogP contribution in [0.25, 0.3) is 0 Å². The van der Waals surface area contributed by atoms with Gasteiger partial charge < -0.3 is 5.73 Å². The molecule has 3 heteroatoms. The molecule has 2 nitrogen and oxygen atoms in total. The molecule has 1 aromatic carbocycles. The second-order valence-electron chi connectivity index (χ2n) is 5.13. The zero-order valence-corrected chi connectivity index (χ0v) is 11.3. The summed E-state index contributed by atoms with van der Waals surface area (Å²) in [6.07, 6.45) is 2.31. The van der Waals surface area contributed by atoms with E-state index in [2.05, 4.69) is 30.9 Å². The molecule has 2 unspecified atom stereocenters. The fourth-order valence-corrected chi connectivity index (χ4v) is 2.86. The standard InChI is InChI=1S/C14H21ClN2/c1-10(2)17-9-3-4-13(16)14(17)11-5-7-12(15)8-6-11/h5-8,10,13-14H,3-4,9,16H2,1-2H3. The largest absolute Gasteiger partial charge is 0.326 e. The molecule has 0 bridgehead atoms. The summed E-state index contributed by atoms with van der Waals surface area (Å²) in [4.78, 5) is 2.50. The van der Waals surface area contributed by atoms with Crippen molar-refractivity contribution in [3.05, 3.63) is 34.9 Å². The molecule has 1 aliphatic heterocycles. The van der Waals surface area contributed by atoms with Crippen LogP contribution >= 0.6 is 11.6 Å². The second kappa shape index (κ2) is 5.38. The van der Waals surface area contributed by atoms with Gasteiger partial charge in [0.2, 0.25) is 0 Å². The Hall–Kier alpha value is -0.570. The van der Waals surface area contributed by atoms with Crippen molar-refractivity contribution < 1.29 is 0 Å². The molecule has 0 saturated carbocycles. The van der Waals surface area contributed by atoms with E-state index in [0.717, 1.165) is 18.0 Å². The Balaban J connectivity index is 2.27. The van der Waals surface area contributed by atoms with Crippen molar-refractivity contribution in [2.45, 2.75) is 44.8 Å². The maximum Gasteiger partial charge on any atom is 0.0501 e. The summed E-state index contributed by atoms with van der Waals surface area (Å²) in [5.41, 5.74) is 7.59. The van der Waals surface area contributed by atoms with Crippen LogP contribution in [0, 0.1) is 0 Å². The fraction of sp³-hybridized carbons (Fsp3) is 0.571. The Labute approximate surface area is 109 Å². The highest BCUT2D eigenvalue weighted by molar-refractivity contribution is 6.30. The molecule has 1 saturated heterocycles. The molecule has 0 amide bonds. The van der Waals surface area contributed by atoms with Gasteiger partial charge in [-0.1, -0.05) is 23.7 Å². The Morgan fingerprint density at radius 3 is 2.53 bits per heavy atom. The second-order valence-corrected chi connectivity index (χ2v) is 5.57. The minimum absolute atomic E-state index is 0.229. The van der Waals surface area contributed by atoms with Crippen LogP contribution in [0.1, 0.15) is 38.3 Å². The van der Waals surface area contributed by atoms with Crippen molar-refractivity contribution in [2.24, 2.45) is 5.73 Å². The fourth-order valence-electron chi connectivity index (χ4n) is 2.73. The predicted molar refractivity (Wildman–Crippen MR) is 73.2 cm³/mol. The first-order valence-electron chi connectivity index (χ1n) is 6.36. The Kier molecular flexibility index (Phi) is 4.08. The van der Waals surface area contributed by atoms with Gasteiger partial charge in [0.1, 0.15) is 0 Å². The molecule has 2 rings (SSSR count). The summed E-state index contributed by atoms with van der Waals surface area (Å²) in [5.74, 6) is 0. The van der Waals surface area contributed by atoms with Gasteiger partial charge in [-0.05, 0) is 50.9 Å². The highest BCUT2D eigenvalue weighted by atomic mass is 35.5. The average Bonchev–Trinajstić information content (AvgIpc) is 2.30. The summed E-state index contributed by atoms with van der Waals surface area (Å²) >= 11 is 5.94. The predicted octanol–water partition coefficient (Wildman–Crippen LogP) is 3.21. The molecule has 0 radical (unpaired) electrons. The number of halogens is 1. The minimum atomic E-state index is 0.229. The zero-order chi connectivity index (χ0) is 12.4. The maximum atomic E-state index is 6.30. The Morgan fingerprint density at radius 1 is 1.29 bits per heavy atom. The lowest BCUT2D eigenvalue weighted by atomic mass is 9.90. The van der Waals surface area contributed by atoms with Gasteiger partial charge in [-0.2, -0.15) is 0 Å². The third-order valence-electron chi connectivity index (χ3n) is 3.59. The molecule has 2 atom stereocenters. The van der Waals surface area contributed by atoms with Crippen molar-refractivity contribution in [1.82, 2.24) is 4.90 Å². The van der Waals surface area contributed by atoms with Gasteiger partial charge in [0.25, 0.3) is 0 Å². The first kappa shape index (κ1) is 12.9. The quantitative estimate of drug-likeness (QED) is 0.876. The van der Waals surface area contributed by atoms with Gasteiger partial charge in [0.15, 0.2) is 0 Å². The van der Waals surface area contributed by atoms with E-state index in [1.165, 1.54) is 12.0 Å². The van der Waals surface area contributed by atoms with E-state index >= 15 is 0 Å². The highest BCUT2D eigenvalue weighted by Gasteiger charge is 2.31. The summed E-state index contributed by atoms with van der Waals surface area (Å²) < 4.78 is 0. The zero-order valence-electron chi connectivity index (χ0n) is 10.6. The van der Waals surface area contributed by atoms with Crippen LogP contribution < -0.4 is 5.73 Å². The van der Waals surface area contributed by atoms with Crippen molar-refractivity contribution in [3.63, 3.8) is 0 Å². The third kappa shape index (κ3) is 2.82. The summed E-state index contributed by atoms with van der Waals surface area (Å²) in [6, 6.07) is 9.21. The van der Waals surface area contributed by atoms with E-state index in [1.807, 2.05) is 12.1 Å².